The molecule has 7 heteroatoms. The van der Waals surface area contributed by atoms with Crippen molar-refractivity contribution in [2.24, 2.45) is 7.05 Å². The first-order valence-corrected chi connectivity index (χ1v) is 6.86. The molecule has 0 unspecified atom stereocenters. The van der Waals surface area contributed by atoms with Crippen molar-refractivity contribution in [2.45, 2.75) is 6.54 Å². The normalized spacial score (nSPS) is 10.6. The SMILES string of the molecule is CNC(=O)c1ccc(CNc2ncnc3c2cnn3C)cc1. The lowest BCUT2D eigenvalue weighted by Crippen LogP contribution is -2.17. The zero-order valence-corrected chi connectivity index (χ0v) is 12.4. The minimum absolute atomic E-state index is 0.0904. The monoisotopic (exact) mass is 296 g/mol. The van der Waals surface area contributed by atoms with Crippen LogP contribution in [-0.2, 0) is 13.6 Å². The lowest BCUT2D eigenvalue weighted by Gasteiger charge is -2.07. The second kappa shape index (κ2) is 5.80. The predicted octanol–water partition coefficient (Wildman–Crippen LogP) is 1.33. The smallest absolute Gasteiger partial charge is 0.251 e. The second-order valence-corrected chi connectivity index (χ2v) is 4.86. The summed E-state index contributed by atoms with van der Waals surface area (Å²) in [5, 5.41) is 10.9. The van der Waals surface area contributed by atoms with E-state index in [4.69, 9.17) is 0 Å². The van der Waals surface area contributed by atoms with Crippen molar-refractivity contribution in [2.75, 3.05) is 12.4 Å². The minimum Gasteiger partial charge on any atom is -0.365 e. The summed E-state index contributed by atoms with van der Waals surface area (Å²) in [6, 6.07) is 7.43. The van der Waals surface area contributed by atoms with Gasteiger partial charge in [-0.1, -0.05) is 12.1 Å². The highest BCUT2D eigenvalue weighted by Gasteiger charge is 2.07. The van der Waals surface area contributed by atoms with Gasteiger partial charge in [0.05, 0.1) is 11.6 Å². The molecule has 3 aromatic rings. The van der Waals surface area contributed by atoms with Gasteiger partial charge in [0, 0.05) is 26.2 Å². The third kappa shape index (κ3) is 2.60. The van der Waals surface area contributed by atoms with Crippen LogP contribution >= 0.6 is 0 Å². The van der Waals surface area contributed by atoms with Crippen LogP contribution in [0, 0.1) is 0 Å². The first-order valence-electron chi connectivity index (χ1n) is 6.86. The Morgan fingerprint density at radius 3 is 2.73 bits per heavy atom. The van der Waals surface area contributed by atoms with Gasteiger partial charge in [0.25, 0.3) is 5.91 Å². The fourth-order valence-corrected chi connectivity index (χ4v) is 2.21. The van der Waals surface area contributed by atoms with Gasteiger partial charge in [0.1, 0.15) is 12.1 Å². The van der Waals surface area contributed by atoms with Crippen LogP contribution in [0.3, 0.4) is 0 Å². The lowest BCUT2D eigenvalue weighted by atomic mass is 10.1. The number of carbonyl (C=O) groups is 1. The van der Waals surface area contributed by atoms with Crippen molar-refractivity contribution < 1.29 is 4.79 Å². The molecule has 112 valence electrons. The number of aryl methyl sites for hydroxylation is 1. The van der Waals surface area contributed by atoms with Crippen LogP contribution in [-0.4, -0.2) is 32.7 Å². The van der Waals surface area contributed by atoms with Crippen LogP contribution < -0.4 is 10.6 Å². The molecule has 0 bridgehead atoms. The van der Waals surface area contributed by atoms with Gasteiger partial charge in [0.15, 0.2) is 5.65 Å². The number of fused-ring (bicyclic) bond motifs is 1. The Labute approximate surface area is 127 Å². The Morgan fingerprint density at radius 1 is 1.23 bits per heavy atom. The Hall–Kier alpha value is -2.96. The molecule has 0 radical (unpaired) electrons. The highest BCUT2D eigenvalue weighted by molar-refractivity contribution is 5.94. The second-order valence-electron chi connectivity index (χ2n) is 4.86. The fraction of sp³-hybridized carbons (Fsp3) is 0.200. The molecule has 3 rings (SSSR count). The van der Waals surface area contributed by atoms with E-state index < -0.39 is 0 Å². The van der Waals surface area contributed by atoms with Gasteiger partial charge in [-0.15, -0.1) is 0 Å². The van der Waals surface area contributed by atoms with Gasteiger partial charge in [-0.25, -0.2) is 9.97 Å². The first-order chi connectivity index (χ1) is 10.7. The number of benzene rings is 1. The molecule has 1 aromatic carbocycles. The number of anilines is 1. The summed E-state index contributed by atoms with van der Waals surface area (Å²) in [7, 11) is 3.46. The van der Waals surface area contributed by atoms with E-state index in [1.54, 1.807) is 30.1 Å². The van der Waals surface area contributed by atoms with Gasteiger partial charge in [-0.2, -0.15) is 5.10 Å². The molecule has 0 saturated carbocycles. The van der Waals surface area contributed by atoms with E-state index in [9.17, 15) is 4.79 Å². The molecule has 0 fully saturated rings. The Bertz CT molecular complexity index is 809. The number of nitrogens with one attached hydrogen (secondary N) is 2. The van der Waals surface area contributed by atoms with Crippen LogP contribution in [0.15, 0.2) is 36.8 Å². The number of rotatable bonds is 4. The largest absolute Gasteiger partial charge is 0.365 e. The van der Waals surface area contributed by atoms with E-state index >= 15 is 0 Å². The molecule has 2 aromatic heterocycles. The van der Waals surface area contributed by atoms with Crippen LogP contribution in [0.4, 0.5) is 5.82 Å². The maximum atomic E-state index is 11.5. The highest BCUT2D eigenvalue weighted by atomic mass is 16.1. The summed E-state index contributed by atoms with van der Waals surface area (Å²) in [6.45, 7) is 0.606. The summed E-state index contributed by atoms with van der Waals surface area (Å²) < 4.78 is 1.71. The topological polar surface area (TPSA) is 84.7 Å². The molecular weight excluding hydrogens is 280 g/mol. The van der Waals surface area contributed by atoms with Crippen LogP contribution in [0.2, 0.25) is 0 Å². The minimum atomic E-state index is -0.0904. The zero-order valence-electron chi connectivity index (χ0n) is 12.4. The van der Waals surface area contributed by atoms with Crippen molar-refractivity contribution in [3.8, 4) is 0 Å². The summed E-state index contributed by atoms with van der Waals surface area (Å²) >= 11 is 0. The van der Waals surface area contributed by atoms with E-state index in [0.717, 1.165) is 22.4 Å². The van der Waals surface area contributed by atoms with E-state index in [1.165, 1.54) is 6.33 Å². The molecule has 7 nitrogen and oxygen atoms in total. The summed E-state index contributed by atoms with van der Waals surface area (Å²) in [5.41, 5.74) is 2.48. The standard InChI is InChI=1S/C15H16N6O/c1-16-15(22)11-5-3-10(4-6-11)7-17-13-12-8-20-21(2)14(12)19-9-18-13/h3-6,8-9H,7H2,1-2H3,(H,16,22)(H,17,18,19). The van der Waals surface area contributed by atoms with Crippen LogP contribution in [0.1, 0.15) is 15.9 Å². The molecule has 0 aliphatic rings. The molecule has 0 spiro atoms. The van der Waals surface area contributed by atoms with Crippen molar-refractivity contribution >= 4 is 22.8 Å². The van der Waals surface area contributed by atoms with E-state index in [0.29, 0.717) is 12.1 Å². The average molecular weight is 296 g/mol. The number of aromatic nitrogens is 4. The number of hydrogen-bond donors (Lipinski definition) is 2. The lowest BCUT2D eigenvalue weighted by molar-refractivity contribution is 0.0963. The fourth-order valence-electron chi connectivity index (χ4n) is 2.21. The molecule has 0 aliphatic heterocycles. The number of amides is 1. The third-order valence-electron chi connectivity index (χ3n) is 3.43. The highest BCUT2D eigenvalue weighted by Crippen LogP contribution is 2.18. The summed E-state index contributed by atoms with van der Waals surface area (Å²) in [6.07, 6.45) is 3.26. The van der Waals surface area contributed by atoms with Crippen LogP contribution in [0.25, 0.3) is 11.0 Å². The Balaban J connectivity index is 1.75. The van der Waals surface area contributed by atoms with Gasteiger partial charge >= 0.3 is 0 Å². The molecule has 0 atom stereocenters. The number of carbonyl (C=O) groups excluding carboxylic acids is 1. The van der Waals surface area contributed by atoms with Crippen molar-refractivity contribution in [3.05, 3.63) is 47.9 Å². The third-order valence-corrected chi connectivity index (χ3v) is 3.43. The van der Waals surface area contributed by atoms with Gasteiger partial charge < -0.3 is 10.6 Å². The average Bonchev–Trinajstić information content (AvgIpc) is 2.95. The summed E-state index contributed by atoms with van der Waals surface area (Å²) in [5.74, 6) is 0.654. The Kier molecular flexibility index (Phi) is 3.69. The van der Waals surface area contributed by atoms with E-state index in [-0.39, 0.29) is 5.91 Å². The number of hydrogen-bond acceptors (Lipinski definition) is 5. The van der Waals surface area contributed by atoms with Gasteiger partial charge in [-0.05, 0) is 17.7 Å². The van der Waals surface area contributed by atoms with Crippen LogP contribution in [0.5, 0.6) is 0 Å². The molecule has 2 heterocycles. The zero-order chi connectivity index (χ0) is 15.5. The van der Waals surface area contributed by atoms with E-state index in [1.807, 2.05) is 19.2 Å². The molecular formula is C15H16N6O. The maximum absolute atomic E-state index is 11.5. The van der Waals surface area contributed by atoms with Crippen molar-refractivity contribution in [1.29, 1.82) is 0 Å². The van der Waals surface area contributed by atoms with Crippen molar-refractivity contribution in [1.82, 2.24) is 25.1 Å². The van der Waals surface area contributed by atoms with E-state index in [2.05, 4.69) is 25.7 Å². The first kappa shape index (κ1) is 14.0. The molecule has 0 aliphatic carbocycles. The molecule has 0 saturated heterocycles. The molecule has 1 amide bonds. The van der Waals surface area contributed by atoms with Gasteiger partial charge in [-0.3, -0.25) is 9.48 Å². The molecule has 22 heavy (non-hydrogen) atoms. The quantitative estimate of drug-likeness (QED) is 0.759. The van der Waals surface area contributed by atoms with Crippen molar-refractivity contribution in [3.63, 3.8) is 0 Å². The Morgan fingerprint density at radius 2 is 2.00 bits per heavy atom. The summed E-state index contributed by atoms with van der Waals surface area (Å²) in [4.78, 5) is 20.0. The molecule has 2 N–H and O–H groups in total. The maximum Gasteiger partial charge on any atom is 0.251 e. The van der Waals surface area contributed by atoms with Gasteiger partial charge in [0.2, 0.25) is 0 Å². The number of nitrogens with zero attached hydrogens (tertiary/aromatic N) is 4. The predicted molar refractivity (Wildman–Crippen MR) is 83.5 cm³/mol.